The van der Waals surface area contributed by atoms with Crippen LogP contribution in [0.3, 0.4) is 0 Å². The molecule has 0 amide bonds. The first-order valence-electron chi connectivity index (χ1n) is 5.89. The third-order valence-corrected chi connectivity index (χ3v) is 5.22. The quantitative estimate of drug-likeness (QED) is 0.874. The highest BCUT2D eigenvalue weighted by Crippen LogP contribution is 2.27. The number of nitrogens with one attached hydrogen (secondary N) is 1. The van der Waals surface area contributed by atoms with Crippen LogP contribution in [0.2, 0.25) is 0 Å². The fraction of sp³-hybridized carbons (Fsp3) is 0.500. The van der Waals surface area contributed by atoms with Crippen molar-refractivity contribution >= 4 is 10.0 Å². The van der Waals surface area contributed by atoms with E-state index in [2.05, 4.69) is 5.32 Å². The predicted octanol–water partition coefficient (Wildman–Crippen LogP) is 0.678. The fourth-order valence-corrected chi connectivity index (χ4v) is 3.67. The third-order valence-electron chi connectivity index (χ3n) is 3.27. The first-order valence-corrected chi connectivity index (χ1v) is 7.33. The fourth-order valence-electron chi connectivity index (χ4n) is 2.13. The van der Waals surface area contributed by atoms with Gasteiger partial charge in [0.15, 0.2) is 0 Å². The van der Waals surface area contributed by atoms with Gasteiger partial charge in [-0.15, -0.1) is 0 Å². The largest absolute Gasteiger partial charge is 0.495 e. The zero-order valence-corrected chi connectivity index (χ0v) is 11.4. The van der Waals surface area contributed by atoms with Gasteiger partial charge in [0.25, 0.3) is 0 Å². The molecule has 0 aromatic heterocycles. The van der Waals surface area contributed by atoms with Crippen molar-refractivity contribution in [1.82, 2.24) is 9.62 Å². The molecule has 1 fully saturated rings. The van der Waals surface area contributed by atoms with Gasteiger partial charge in [-0.05, 0) is 25.1 Å². The zero-order chi connectivity index (χ0) is 13.2. The van der Waals surface area contributed by atoms with Crippen molar-refractivity contribution in [2.24, 2.45) is 0 Å². The summed E-state index contributed by atoms with van der Waals surface area (Å²) < 4.78 is 31.6. The first-order chi connectivity index (χ1) is 8.57. The summed E-state index contributed by atoms with van der Waals surface area (Å²) in [5.74, 6) is 0.385. The molecule has 1 aliphatic rings. The Kier molecular flexibility index (Phi) is 3.89. The minimum absolute atomic E-state index is 0.0138. The Morgan fingerprint density at radius 1 is 1.39 bits per heavy atom. The Balaban J connectivity index is 2.35. The Bertz CT molecular complexity index is 510. The molecule has 6 heteroatoms. The minimum Gasteiger partial charge on any atom is -0.495 e. The average molecular weight is 270 g/mol. The molecule has 1 atom stereocenters. The highest BCUT2D eigenvalue weighted by atomic mass is 32.2. The van der Waals surface area contributed by atoms with Crippen molar-refractivity contribution in [2.45, 2.75) is 17.4 Å². The molecule has 0 unspecified atom stereocenters. The number of hydrogen-bond donors (Lipinski definition) is 1. The number of hydrogen-bond acceptors (Lipinski definition) is 4. The highest BCUT2D eigenvalue weighted by Gasteiger charge is 2.31. The number of methoxy groups -OCH3 is 1. The second kappa shape index (κ2) is 5.26. The van der Waals surface area contributed by atoms with Gasteiger partial charge in [-0.25, -0.2) is 8.42 Å². The lowest BCUT2D eigenvalue weighted by Crippen LogP contribution is -2.38. The van der Waals surface area contributed by atoms with E-state index < -0.39 is 10.0 Å². The van der Waals surface area contributed by atoms with Gasteiger partial charge in [0.05, 0.1) is 7.11 Å². The summed E-state index contributed by atoms with van der Waals surface area (Å²) in [6, 6.07) is 6.71. The average Bonchev–Trinajstić information content (AvgIpc) is 2.91. The molecule has 0 radical (unpaired) electrons. The van der Waals surface area contributed by atoms with Crippen LogP contribution in [-0.2, 0) is 10.0 Å². The van der Waals surface area contributed by atoms with Crippen molar-refractivity contribution in [3.8, 4) is 5.75 Å². The molecule has 1 N–H and O–H groups in total. The number of sulfonamides is 1. The van der Waals surface area contributed by atoms with E-state index in [-0.39, 0.29) is 10.9 Å². The topological polar surface area (TPSA) is 58.6 Å². The van der Waals surface area contributed by atoms with Crippen molar-refractivity contribution in [3.63, 3.8) is 0 Å². The van der Waals surface area contributed by atoms with Crippen molar-refractivity contribution < 1.29 is 13.2 Å². The number of ether oxygens (including phenoxy) is 1. The van der Waals surface area contributed by atoms with Crippen LogP contribution in [0.25, 0.3) is 0 Å². The highest BCUT2D eigenvalue weighted by molar-refractivity contribution is 7.89. The maximum atomic E-state index is 12.5. The van der Waals surface area contributed by atoms with Crippen molar-refractivity contribution in [2.75, 3.05) is 27.2 Å². The van der Waals surface area contributed by atoms with Crippen molar-refractivity contribution in [3.05, 3.63) is 24.3 Å². The Hall–Kier alpha value is -1.11. The van der Waals surface area contributed by atoms with Crippen LogP contribution in [-0.4, -0.2) is 46.0 Å². The van der Waals surface area contributed by atoms with Gasteiger partial charge >= 0.3 is 0 Å². The number of para-hydroxylation sites is 1. The van der Waals surface area contributed by atoms with Crippen LogP contribution in [0.1, 0.15) is 6.42 Å². The van der Waals surface area contributed by atoms with Crippen LogP contribution in [0.4, 0.5) is 0 Å². The number of benzene rings is 1. The smallest absolute Gasteiger partial charge is 0.246 e. The molecule has 1 aliphatic heterocycles. The lowest BCUT2D eigenvalue weighted by Gasteiger charge is -2.23. The van der Waals surface area contributed by atoms with E-state index in [1.807, 2.05) is 0 Å². The lowest BCUT2D eigenvalue weighted by atomic mass is 10.3. The molecule has 2 rings (SSSR count). The summed E-state index contributed by atoms with van der Waals surface area (Å²) in [6.07, 6.45) is 0.838. The van der Waals surface area contributed by atoms with E-state index in [4.69, 9.17) is 4.74 Å². The minimum atomic E-state index is -3.50. The third kappa shape index (κ3) is 2.36. The molecule has 5 nitrogen and oxygen atoms in total. The van der Waals surface area contributed by atoms with Crippen LogP contribution >= 0.6 is 0 Å². The van der Waals surface area contributed by atoms with E-state index in [0.29, 0.717) is 12.3 Å². The maximum absolute atomic E-state index is 12.5. The SMILES string of the molecule is COc1ccccc1S(=O)(=O)N(C)[C@H]1CCNC1. The Morgan fingerprint density at radius 3 is 2.72 bits per heavy atom. The van der Waals surface area contributed by atoms with Gasteiger partial charge in [0, 0.05) is 19.6 Å². The number of likely N-dealkylation sites (N-methyl/N-ethyl adjacent to an activating group) is 1. The first kappa shape index (κ1) is 13.3. The van der Waals surface area contributed by atoms with E-state index in [1.165, 1.54) is 11.4 Å². The summed E-state index contributed by atoms with van der Waals surface area (Å²) in [7, 11) is -0.395. The standard InChI is InChI=1S/C12H18N2O3S/c1-14(10-7-8-13-9-10)18(15,16)12-6-4-3-5-11(12)17-2/h3-6,10,13H,7-9H2,1-2H3/t10-/m0/s1. The maximum Gasteiger partial charge on any atom is 0.246 e. The normalized spacial score (nSPS) is 20.3. The summed E-state index contributed by atoms with van der Waals surface area (Å²) in [4.78, 5) is 0.224. The molecule has 1 aromatic carbocycles. The monoisotopic (exact) mass is 270 g/mol. The molecule has 0 saturated carbocycles. The van der Waals surface area contributed by atoms with E-state index in [1.54, 1.807) is 31.3 Å². The predicted molar refractivity (Wildman–Crippen MR) is 69.2 cm³/mol. The van der Waals surface area contributed by atoms with Crippen molar-refractivity contribution in [1.29, 1.82) is 0 Å². The van der Waals surface area contributed by atoms with Gasteiger partial charge in [0.1, 0.15) is 10.6 Å². The Labute approximate surface area is 108 Å². The van der Waals surface area contributed by atoms with Gasteiger partial charge in [-0.3, -0.25) is 0 Å². The van der Waals surface area contributed by atoms with Gasteiger partial charge < -0.3 is 10.1 Å². The molecule has 1 saturated heterocycles. The number of rotatable bonds is 4. The van der Waals surface area contributed by atoms with Gasteiger partial charge in [-0.2, -0.15) is 4.31 Å². The van der Waals surface area contributed by atoms with E-state index in [9.17, 15) is 8.42 Å². The van der Waals surface area contributed by atoms with Gasteiger partial charge in [0.2, 0.25) is 10.0 Å². The molecule has 1 heterocycles. The molecule has 1 aromatic rings. The molecule has 18 heavy (non-hydrogen) atoms. The lowest BCUT2D eigenvalue weighted by molar-refractivity contribution is 0.376. The van der Waals surface area contributed by atoms with E-state index in [0.717, 1.165) is 13.0 Å². The molecular formula is C12H18N2O3S. The zero-order valence-electron chi connectivity index (χ0n) is 10.6. The molecule has 0 spiro atoms. The van der Waals surface area contributed by atoms with Crippen LogP contribution in [0, 0.1) is 0 Å². The van der Waals surface area contributed by atoms with E-state index >= 15 is 0 Å². The summed E-state index contributed by atoms with van der Waals surface area (Å²) in [5.41, 5.74) is 0. The van der Waals surface area contributed by atoms with Crippen LogP contribution in [0.5, 0.6) is 5.75 Å². The Morgan fingerprint density at radius 2 is 2.11 bits per heavy atom. The summed E-state index contributed by atoms with van der Waals surface area (Å²) >= 11 is 0. The van der Waals surface area contributed by atoms with Crippen LogP contribution < -0.4 is 10.1 Å². The second-order valence-electron chi connectivity index (χ2n) is 4.32. The number of nitrogens with zero attached hydrogens (tertiary/aromatic N) is 1. The van der Waals surface area contributed by atoms with Gasteiger partial charge in [-0.1, -0.05) is 12.1 Å². The molecule has 0 bridgehead atoms. The molecular weight excluding hydrogens is 252 g/mol. The molecule has 0 aliphatic carbocycles. The molecule has 100 valence electrons. The summed E-state index contributed by atoms with van der Waals surface area (Å²) in [6.45, 7) is 1.56. The second-order valence-corrected chi connectivity index (χ2v) is 6.28. The van der Waals surface area contributed by atoms with Crippen LogP contribution in [0.15, 0.2) is 29.2 Å². The summed E-state index contributed by atoms with van der Waals surface area (Å²) in [5, 5.41) is 3.17.